The smallest absolute Gasteiger partial charge is 0.290 e. The molecule has 3 aromatic rings. The minimum Gasteiger partial charge on any atom is -0.493 e. The molecule has 1 atom stereocenters. The van der Waals surface area contributed by atoms with E-state index in [1.54, 1.807) is 30.3 Å². The van der Waals surface area contributed by atoms with Gasteiger partial charge in [0, 0.05) is 12.6 Å². The Morgan fingerprint density at radius 2 is 1.68 bits per heavy atom. The average Bonchev–Trinajstić information content (AvgIpc) is 3.69. The molecular weight excluding hydrogens is 516 g/mol. The van der Waals surface area contributed by atoms with E-state index in [1.807, 2.05) is 12.1 Å². The third-order valence-corrected chi connectivity index (χ3v) is 7.30. The van der Waals surface area contributed by atoms with Crippen molar-refractivity contribution in [1.29, 1.82) is 0 Å². The van der Waals surface area contributed by atoms with Crippen LogP contribution in [0.4, 0.5) is 0 Å². The van der Waals surface area contributed by atoms with Crippen LogP contribution in [-0.2, 0) is 11.3 Å². The van der Waals surface area contributed by atoms with Crippen LogP contribution >= 0.6 is 0 Å². The molecule has 2 amide bonds. The van der Waals surface area contributed by atoms with Crippen molar-refractivity contribution in [3.05, 3.63) is 65.6 Å². The first-order chi connectivity index (χ1) is 19.5. The molecule has 10 nitrogen and oxygen atoms in total. The van der Waals surface area contributed by atoms with Gasteiger partial charge in [-0.05, 0) is 60.4 Å². The summed E-state index contributed by atoms with van der Waals surface area (Å²) in [6.45, 7) is 0.223. The maximum atomic E-state index is 14.2. The highest BCUT2D eigenvalue weighted by Crippen LogP contribution is 2.42. The topological polar surface area (TPSA) is 109 Å². The number of amides is 2. The Labute approximate surface area is 233 Å². The van der Waals surface area contributed by atoms with E-state index in [1.165, 1.54) is 32.5 Å². The molecular formula is C30H34N2O8. The van der Waals surface area contributed by atoms with Crippen molar-refractivity contribution < 1.29 is 37.7 Å². The van der Waals surface area contributed by atoms with Crippen LogP contribution in [0.25, 0.3) is 0 Å². The third kappa shape index (κ3) is 5.66. The molecule has 1 aliphatic carbocycles. The number of furan rings is 1. The van der Waals surface area contributed by atoms with Gasteiger partial charge >= 0.3 is 0 Å². The zero-order valence-corrected chi connectivity index (χ0v) is 22.9. The third-order valence-electron chi connectivity index (χ3n) is 7.30. The van der Waals surface area contributed by atoms with Crippen molar-refractivity contribution in [2.45, 2.75) is 50.7 Å². The van der Waals surface area contributed by atoms with Gasteiger partial charge in [0.15, 0.2) is 28.8 Å². The molecule has 40 heavy (non-hydrogen) atoms. The van der Waals surface area contributed by atoms with E-state index < -0.39 is 11.9 Å². The standard InChI is InChI=1S/C30H34N2O8/c1-35-25-15-20(16-26(36-2)28(25)37-3)27(29(33)31-21-8-5-4-6-9-21)32(30(34)23-10-7-13-38-23)17-19-11-12-22-24(14-19)40-18-39-22/h7,10-16,21,27H,4-6,8-9,17-18H2,1-3H3,(H,31,33). The number of nitrogens with zero attached hydrogens (tertiary/aromatic N) is 1. The highest BCUT2D eigenvalue weighted by Gasteiger charge is 2.36. The van der Waals surface area contributed by atoms with Gasteiger partial charge in [-0.3, -0.25) is 9.59 Å². The second-order valence-corrected chi connectivity index (χ2v) is 9.80. The van der Waals surface area contributed by atoms with Gasteiger partial charge in [0.1, 0.15) is 6.04 Å². The number of fused-ring (bicyclic) bond motifs is 1. The summed E-state index contributed by atoms with van der Waals surface area (Å²) in [6.07, 6.45) is 6.46. The molecule has 1 fully saturated rings. The Balaban J connectivity index is 1.60. The molecule has 10 heteroatoms. The molecule has 1 aliphatic heterocycles. The Hall–Kier alpha value is -4.34. The number of ether oxygens (including phenoxy) is 5. The SMILES string of the molecule is COc1cc(C(C(=O)NC2CCCCC2)N(Cc2ccc3c(c2)OCO3)C(=O)c2ccco2)cc(OC)c1OC. The number of methoxy groups -OCH3 is 3. The number of rotatable bonds is 10. The van der Waals surface area contributed by atoms with Crippen LogP contribution in [-0.4, -0.2) is 50.9 Å². The first kappa shape index (κ1) is 27.2. The molecule has 0 bridgehead atoms. The summed E-state index contributed by atoms with van der Waals surface area (Å²) in [7, 11) is 4.53. The molecule has 5 rings (SSSR count). The Kier molecular flexibility index (Phi) is 8.33. The van der Waals surface area contributed by atoms with E-state index in [0.29, 0.717) is 34.3 Å². The Bertz CT molecular complexity index is 1310. The largest absolute Gasteiger partial charge is 0.493 e. The minimum absolute atomic E-state index is 0.0249. The molecule has 2 heterocycles. The normalized spacial score (nSPS) is 15.3. The van der Waals surface area contributed by atoms with Gasteiger partial charge in [-0.25, -0.2) is 0 Å². The van der Waals surface area contributed by atoms with Crippen LogP contribution in [0.2, 0.25) is 0 Å². The predicted molar refractivity (Wildman–Crippen MR) is 145 cm³/mol. The fraction of sp³-hybridized carbons (Fsp3) is 0.400. The lowest BCUT2D eigenvalue weighted by molar-refractivity contribution is -0.127. The van der Waals surface area contributed by atoms with E-state index in [9.17, 15) is 9.59 Å². The number of nitrogens with one attached hydrogen (secondary N) is 1. The van der Waals surface area contributed by atoms with Crippen LogP contribution in [0.15, 0.2) is 53.1 Å². The highest BCUT2D eigenvalue weighted by molar-refractivity contribution is 5.96. The molecule has 0 saturated heterocycles. The van der Waals surface area contributed by atoms with Crippen LogP contribution in [0.5, 0.6) is 28.7 Å². The summed E-state index contributed by atoms with van der Waals surface area (Å²) in [4.78, 5) is 29.7. The summed E-state index contributed by atoms with van der Waals surface area (Å²) < 4.78 is 33.2. The van der Waals surface area contributed by atoms with Gasteiger partial charge in [0.05, 0.1) is 27.6 Å². The lowest BCUT2D eigenvalue weighted by Gasteiger charge is -2.33. The van der Waals surface area contributed by atoms with Crippen LogP contribution in [0.1, 0.15) is 59.8 Å². The predicted octanol–water partition coefficient (Wildman–Crippen LogP) is 4.87. The highest BCUT2D eigenvalue weighted by atomic mass is 16.7. The number of carbonyl (C=O) groups excluding carboxylic acids is 2. The molecule has 0 spiro atoms. The molecule has 2 aromatic carbocycles. The van der Waals surface area contributed by atoms with Crippen LogP contribution < -0.4 is 29.0 Å². The molecule has 2 aliphatic rings. The van der Waals surface area contributed by atoms with Crippen molar-refractivity contribution in [2.75, 3.05) is 28.1 Å². The summed E-state index contributed by atoms with van der Waals surface area (Å²) in [5, 5.41) is 3.21. The van der Waals surface area contributed by atoms with Gasteiger partial charge in [0.25, 0.3) is 5.91 Å². The van der Waals surface area contributed by atoms with Crippen molar-refractivity contribution in [3.8, 4) is 28.7 Å². The maximum absolute atomic E-state index is 14.2. The average molecular weight is 551 g/mol. The lowest BCUT2D eigenvalue weighted by atomic mass is 9.94. The molecule has 1 unspecified atom stereocenters. The van der Waals surface area contributed by atoms with E-state index in [2.05, 4.69) is 5.32 Å². The van der Waals surface area contributed by atoms with Gasteiger partial charge < -0.3 is 38.3 Å². The van der Waals surface area contributed by atoms with E-state index in [0.717, 1.165) is 37.7 Å². The number of hydrogen-bond donors (Lipinski definition) is 1. The first-order valence-corrected chi connectivity index (χ1v) is 13.4. The molecule has 0 radical (unpaired) electrons. The quantitative estimate of drug-likeness (QED) is 0.381. The molecule has 212 valence electrons. The minimum atomic E-state index is -1.04. The number of benzene rings is 2. The summed E-state index contributed by atoms with van der Waals surface area (Å²) >= 11 is 0. The Morgan fingerprint density at radius 3 is 2.33 bits per heavy atom. The second kappa shape index (κ2) is 12.2. The fourth-order valence-corrected chi connectivity index (χ4v) is 5.32. The van der Waals surface area contributed by atoms with Crippen molar-refractivity contribution >= 4 is 11.8 Å². The van der Waals surface area contributed by atoms with Crippen LogP contribution in [0, 0.1) is 0 Å². The maximum Gasteiger partial charge on any atom is 0.290 e. The van der Waals surface area contributed by atoms with Gasteiger partial charge in [0.2, 0.25) is 18.4 Å². The van der Waals surface area contributed by atoms with Crippen molar-refractivity contribution in [1.82, 2.24) is 10.2 Å². The summed E-state index contributed by atoms with van der Waals surface area (Å²) in [6, 6.07) is 11.1. The number of hydrogen-bond acceptors (Lipinski definition) is 8. The van der Waals surface area contributed by atoms with Gasteiger partial charge in [-0.1, -0.05) is 25.3 Å². The summed E-state index contributed by atoms with van der Waals surface area (Å²) in [5.41, 5.74) is 1.26. The van der Waals surface area contributed by atoms with Crippen molar-refractivity contribution in [3.63, 3.8) is 0 Å². The summed E-state index contributed by atoms with van der Waals surface area (Å²) in [5.74, 6) is 1.72. The zero-order chi connectivity index (χ0) is 28.1. The van der Waals surface area contributed by atoms with Crippen molar-refractivity contribution in [2.24, 2.45) is 0 Å². The van der Waals surface area contributed by atoms with Gasteiger partial charge in [-0.2, -0.15) is 0 Å². The zero-order valence-electron chi connectivity index (χ0n) is 22.9. The fourth-order valence-electron chi connectivity index (χ4n) is 5.32. The van der Waals surface area contributed by atoms with Gasteiger partial charge in [-0.15, -0.1) is 0 Å². The van der Waals surface area contributed by atoms with E-state index in [-0.39, 0.29) is 31.0 Å². The monoisotopic (exact) mass is 550 g/mol. The van der Waals surface area contributed by atoms with Crippen LogP contribution in [0.3, 0.4) is 0 Å². The van der Waals surface area contributed by atoms with E-state index >= 15 is 0 Å². The molecule has 1 saturated carbocycles. The Morgan fingerprint density at radius 1 is 0.950 bits per heavy atom. The number of carbonyl (C=O) groups is 2. The first-order valence-electron chi connectivity index (χ1n) is 13.4. The molecule has 1 aromatic heterocycles. The lowest BCUT2D eigenvalue weighted by Crippen LogP contribution is -2.46. The second-order valence-electron chi connectivity index (χ2n) is 9.80. The molecule has 1 N–H and O–H groups in total. The van der Waals surface area contributed by atoms with E-state index in [4.69, 9.17) is 28.1 Å².